The Bertz CT molecular complexity index is 1160. The van der Waals surface area contributed by atoms with Gasteiger partial charge in [-0.3, -0.25) is 9.59 Å². The van der Waals surface area contributed by atoms with Gasteiger partial charge in [-0.25, -0.2) is 0 Å². The van der Waals surface area contributed by atoms with Crippen LogP contribution in [0.25, 0.3) is 10.9 Å². The van der Waals surface area contributed by atoms with Crippen LogP contribution < -0.4 is 15.6 Å². The lowest BCUT2D eigenvalue weighted by molar-refractivity contribution is 0.0927. The number of aryl methyl sites for hydroxylation is 2. The van der Waals surface area contributed by atoms with Crippen molar-refractivity contribution in [3.05, 3.63) is 63.2 Å². The number of carbonyl (C=O) groups excluding carboxylic acids is 1. The molecule has 0 saturated carbocycles. The van der Waals surface area contributed by atoms with Crippen LogP contribution in [0.1, 0.15) is 40.0 Å². The van der Waals surface area contributed by atoms with Crippen molar-refractivity contribution in [2.24, 2.45) is 0 Å². The molecule has 7 heteroatoms. The van der Waals surface area contributed by atoms with E-state index in [2.05, 4.69) is 10.3 Å². The highest BCUT2D eigenvalue weighted by Gasteiger charge is 2.21. The standard InChI is InChI=1S/C24H29N3O4/c1-15-11-16(2)27(14-19-5-4-10-31-19)24(29)22(15)23(28)25-9-8-17-13-26-21-7-6-18(30-3)12-20(17)21/h6-7,11-13,19,26H,4-5,8-10,14H2,1-3H3,(H,25,28)/t19-/m1/s1. The summed E-state index contributed by atoms with van der Waals surface area (Å²) in [5, 5.41) is 3.99. The second-order valence-corrected chi connectivity index (χ2v) is 8.13. The number of methoxy groups -OCH3 is 1. The topological polar surface area (TPSA) is 85.3 Å². The van der Waals surface area contributed by atoms with E-state index in [9.17, 15) is 9.59 Å². The summed E-state index contributed by atoms with van der Waals surface area (Å²) in [6.45, 7) is 5.36. The molecule has 3 heterocycles. The van der Waals surface area contributed by atoms with Crippen LogP contribution in [0.15, 0.2) is 35.3 Å². The molecule has 0 radical (unpaired) electrons. The number of ether oxygens (including phenoxy) is 2. The molecule has 1 aromatic carbocycles. The first-order valence-corrected chi connectivity index (χ1v) is 10.7. The fourth-order valence-corrected chi connectivity index (χ4v) is 4.31. The summed E-state index contributed by atoms with van der Waals surface area (Å²) >= 11 is 0. The molecule has 4 rings (SSSR count). The van der Waals surface area contributed by atoms with Crippen LogP contribution in [-0.2, 0) is 17.7 Å². The summed E-state index contributed by atoms with van der Waals surface area (Å²) in [5.74, 6) is 0.459. The molecule has 3 aromatic rings. The molecule has 31 heavy (non-hydrogen) atoms. The highest BCUT2D eigenvalue weighted by molar-refractivity contribution is 5.95. The SMILES string of the molecule is COc1ccc2[nH]cc(CCNC(=O)c3c(C)cc(C)n(C[C@H]4CCCO4)c3=O)c2c1. The van der Waals surface area contributed by atoms with Gasteiger partial charge in [0, 0.05) is 35.9 Å². The number of hydrogen-bond acceptors (Lipinski definition) is 4. The quantitative estimate of drug-likeness (QED) is 0.612. The molecule has 1 atom stereocenters. The second kappa shape index (κ2) is 8.98. The van der Waals surface area contributed by atoms with E-state index in [1.807, 2.05) is 44.3 Å². The van der Waals surface area contributed by atoms with Gasteiger partial charge in [0.1, 0.15) is 11.3 Å². The highest BCUT2D eigenvalue weighted by Crippen LogP contribution is 2.23. The Morgan fingerprint density at radius 1 is 1.32 bits per heavy atom. The number of amides is 1. The summed E-state index contributed by atoms with van der Waals surface area (Å²) < 4.78 is 12.7. The predicted molar refractivity (Wildman–Crippen MR) is 120 cm³/mol. The van der Waals surface area contributed by atoms with Crippen LogP contribution >= 0.6 is 0 Å². The lowest BCUT2D eigenvalue weighted by atomic mass is 10.1. The first-order chi connectivity index (χ1) is 15.0. The van der Waals surface area contributed by atoms with Crippen molar-refractivity contribution in [3.63, 3.8) is 0 Å². The zero-order chi connectivity index (χ0) is 22.0. The Labute approximate surface area is 181 Å². The zero-order valence-corrected chi connectivity index (χ0v) is 18.3. The van der Waals surface area contributed by atoms with E-state index >= 15 is 0 Å². The van der Waals surface area contributed by atoms with E-state index in [1.54, 1.807) is 11.7 Å². The summed E-state index contributed by atoms with van der Waals surface area (Å²) in [7, 11) is 1.64. The van der Waals surface area contributed by atoms with Gasteiger partial charge in [-0.15, -0.1) is 0 Å². The highest BCUT2D eigenvalue weighted by atomic mass is 16.5. The van der Waals surface area contributed by atoms with Gasteiger partial charge in [0.15, 0.2) is 0 Å². The minimum Gasteiger partial charge on any atom is -0.497 e. The molecular formula is C24H29N3O4. The Hall–Kier alpha value is -3.06. The number of aromatic nitrogens is 2. The number of nitrogens with zero attached hydrogens (tertiary/aromatic N) is 1. The molecule has 0 aliphatic carbocycles. The van der Waals surface area contributed by atoms with Gasteiger partial charge in [0.2, 0.25) is 0 Å². The van der Waals surface area contributed by atoms with Gasteiger partial charge in [0.25, 0.3) is 11.5 Å². The first-order valence-electron chi connectivity index (χ1n) is 10.7. The molecule has 1 amide bonds. The van der Waals surface area contributed by atoms with Crippen LogP contribution in [0.2, 0.25) is 0 Å². The lowest BCUT2D eigenvalue weighted by Crippen LogP contribution is -2.37. The molecule has 0 spiro atoms. The third-order valence-corrected chi connectivity index (χ3v) is 6.00. The van der Waals surface area contributed by atoms with Gasteiger partial charge >= 0.3 is 0 Å². The van der Waals surface area contributed by atoms with Crippen LogP contribution in [-0.4, -0.2) is 41.8 Å². The molecule has 7 nitrogen and oxygen atoms in total. The molecule has 164 valence electrons. The zero-order valence-electron chi connectivity index (χ0n) is 18.3. The van der Waals surface area contributed by atoms with Crippen molar-refractivity contribution in [2.75, 3.05) is 20.3 Å². The number of fused-ring (bicyclic) bond motifs is 1. The van der Waals surface area contributed by atoms with E-state index < -0.39 is 0 Å². The second-order valence-electron chi connectivity index (χ2n) is 8.13. The van der Waals surface area contributed by atoms with Gasteiger partial charge in [-0.1, -0.05) is 0 Å². The molecular weight excluding hydrogens is 394 g/mol. The van der Waals surface area contributed by atoms with Crippen molar-refractivity contribution in [2.45, 2.75) is 45.8 Å². The molecule has 1 aliphatic heterocycles. The molecule has 1 fully saturated rings. The fourth-order valence-electron chi connectivity index (χ4n) is 4.31. The maximum Gasteiger partial charge on any atom is 0.263 e. The summed E-state index contributed by atoms with van der Waals surface area (Å²) in [6.07, 6.45) is 4.58. The van der Waals surface area contributed by atoms with Gasteiger partial charge in [-0.05, 0) is 68.5 Å². The number of carbonyl (C=O) groups is 1. The van der Waals surface area contributed by atoms with Crippen molar-refractivity contribution in [1.29, 1.82) is 0 Å². The smallest absolute Gasteiger partial charge is 0.263 e. The number of aromatic amines is 1. The number of H-pyrrole nitrogens is 1. The van der Waals surface area contributed by atoms with Crippen LogP contribution in [0, 0.1) is 13.8 Å². The van der Waals surface area contributed by atoms with E-state index in [0.717, 1.165) is 47.4 Å². The summed E-state index contributed by atoms with van der Waals surface area (Å²) in [6, 6.07) is 7.77. The van der Waals surface area contributed by atoms with Crippen molar-refractivity contribution >= 4 is 16.8 Å². The Kier molecular flexibility index (Phi) is 6.13. The molecule has 2 N–H and O–H groups in total. The Balaban J connectivity index is 1.48. The maximum atomic E-state index is 13.1. The molecule has 0 bridgehead atoms. The monoisotopic (exact) mass is 423 g/mol. The number of benzene rings is 1. The van der Waals surface area contributed by atoms with E-state index in [4.69, 9.17) is 9.47 Å². The minimum atomic E-state index is -0.332. The molecule has 2 aromatic heterocycles. The van der Waals surface area contributed by atoms with E-state index in [0.29, 0.717) is 25.1 Å². The molecule has 1 saturated heterocycles. The number of rotatable bonds is 7. The first kappa shape index (κ1) is 21.2. The Morgan fingerprint density at radius 3 is 2.90 bits per heavy atom. The predicted octanol–water partition coefficient (Wildman–Crippen LogP) is 3.11. The average Bonchev–Trinajstić information content (AvgIpc) is 3.40. The van der Waals surface area contributed by atoms with Crippen molar-refractivity contribution in [3.8, 4) is 5.75 Å². The normalized spacial score (nSPS) is 16.0. The third-order valence-electron chi connectivity index (χ3n) is 6.00. The van der Waals surface area contributed by atoms with E-state index in [1.165, 1.54) is 0 Å². The Morgan fingerprint density at radius 2 is 2.16 bits per heavy atom. The van der Waals surface area contributed by atoms with Crippen LogP contribution in [0.5, 0.6) is 5.75 Å². The minimum absolute atomic E-state index is 0.0360. The van der Waals surface area contributed by atoms with Gasteiger partial charge in [-0.2, -0.15) is 0 Å². The molecule has 0 unspecified atom stereocenters. The largest absolute Gasteiger partial charge is 0.497 e. The number of hydrogen-bond donors (Lipinski definition) is 2. The number of nitrogens with one attached hydrogen (secondary N) is 2. The van der Waals surface area contributed by atoms with Crippen LogP contribution in [0.3, 0.4) is 0 Å². The van der Waals surface area contributed by atoms with E-state index in [-0.39, 0.29) is 23.1 Å². The number of pyridine rings is 1. The van der Waals surface area contributed by atoms with Crippen LogP contribution in [0.4, 0.5) is 0 Å². The maximum absolute atomic E-state index is 13.1. The van der Waals surface area contributed by atoms with Crippen molar-refractivity contribution < 1.29 is 14.3 Å². The fraction of sp³-hybridized carbons (Fsp3) is 0.417. The summed E-state index contributed by atoms with van der Waals surface area (Å²) in [5.41, 5.74) is 3.62. The average molecular weight is 424 g/mol. The molecule has 1 aliphatic rings. The van der Waals surface area contributed by atoms with Crippen molar-refractivity contribution in [1.82, 2.24) is 14.9 Å². The van der Waals surface area contributed by atoms with Gasteiger partial charge < -0.3 is 24.3 Å². The van der Waals surface area contributed by atoms with Gasteiger partial charge in [0.05, 0.1) is 19.8 Å². The lowest BCUT2D eigenvalue weighted by Gasteiger charge is -2.17. The summed E-state index contributed by atoms with van der Waals surface area (Å²) in [4.78, 5) is 29.2. The third kappa shape index (κ3) is 4.37.